The standard InChI is InChI=1S/C20H24N2O2/c21-17-10-8-15(9-11-17)13-20(24)22-12-4-7-18(22)14-19(23)16-5-2-1-3-6-16/h1-3,5-6,8-11,18-19,23H,4,7,12-14,21H2. The van der Waals surface area contributed by atoms with Gasteiger partial charge in [-0.2, -0.15) is 0 Å². The van der Waals surface area contributed by atoms with Crippen molar-refractivity contribution in [3.05, 3.63) is 65.7 Å². The van der Waals surface area contributed by atoms with Crippen LogP contribution in [-0.2, 0) is 11.2 Å². The number of likely N-dealkylation sites (tertiary alicyclic amines) is 1. The maximum Gasteiger partial charge on any atom is 0.227 e. The molecule has 1 fully saturated rings. The summed E-state index contributed by atoms with van der Waals surface area (Å²) >= 11 is 0. The van der Waals surface area contributed by atoms with Gasteiger partial charge < -0.3 is 15.7 Å². The normalized spacial score (nSPS) is 18.5. The number of hydrogen-bond acceptors (Lipinski definition) is 3. The second-order valence-electron chi connectivity index (χ2n) is 6.46. The topological polar surface area (TPSA) is 66.6 Å². The highest BCUT2D eigenvalue weighted by Crippen LogP contribution is 2.28. The minimum absolute atomic E-state index is 0.112. The van der Waals surface area contributed by atoms with Crippen LogP contribution in [0.4, 0.5) is 5.69 Å². The first-order valence-electron chi connectivity index (χ1n) is 8.50. The predicted octanol–water partition coefficient (Wildman–Crippen LogP) is 2.93. The van der Waals surface area contributed by atoms with E-state index in [9.17, 15) is 9.90 Å². The molecule has 2 atom stereocenters. The Hall–Kier alpha value is -2.33. The number of nitrogens with two attached hydrogens (primary N) is 1. The Labute approximate surface area is 142 Å². The molecule has 1 aliphatic heterocycles. The van der Waals surface area contributed by atoms with Crippen LogP contribution >= 0.6 is 0 Å². The molecule has 0 spiro atoms. The van der Waals surface area contributed by atoms with E-state index in [1.54, 1.807) is 0 Å². The zero-order chi connectivity index (χ0) is 16.9. The number of carbonyl (C=O) groups excluding carboxylic acids is 1. The Morgan fingerprint density at radius 1 is 1.17 bits per heavy atom. The SMILES string of the molecule is Nc1ccc(CC(=O)N2CCCC2CC(O)c2ccccc2)cc1. The number of aliphatic hydroxyl groups is 1. The molecule has 1 heterocycles. The molecule has 0 aromatic heterocycles. The Bertz CT molecular complexity index is 670. The van der Waals surface area contributed by atoms with Crippen molar-refractivity contribution in [3.8, 4) is 0 Å². The lowest BCUT2D eigenvalue weighted by Crippen LogP contribution is -2.37. The quantitative estimate of drug-likeness (QED) is 0.831. The first-order chi connectivity index (χ1) is 11.6. The van der Waals surface area contributed by atoms with Gasteiger partial charge in [-0.05, 0) is 42.5 Å². The summed E-state index contributed by atoms with van der Waals surface area (Å²) in [6, 6.07) is 17.2. The van der Waals surface area contributed by atoms with E-state index in [-0.39, 0.29) is 11.9 Å². The Balaban J connectivity index is 1.62. The van der Waals surface area contributed by atoms with Gasteiger partial charge in [-0.3, -0.25) is 4.79 Å². The summed E-state index contributed by atoms with van der Waals surface area (Å²) in [5.41, 5.74) is 8.28. The van der Waals surface area contributed by atoms with Crippen LogP contribution in [0.5, 0.6) is 0 Å². The van der Waals surface area contributed by atoms with Gasteiger partial charge in [0.25, 0.3) is 0 Å². The summed E-state index contributed by atoms with van der Waals surface area (Å²) in [6.45, 7) is 0.778. The number of benzene rings is 2. The molecular weight excluding hydrogens is 300 g/mol. The molecular formula is C20H24N2O2. The van der Waals surface area contributed by atoms with Crippen LogP contribution in [0.15, 0.2) is 54.6 Å². The molecule has 1 amide bonds. The summed E-state index contributed by atoms with van der Waals surface area (Å²) in [5.74, 6) is 0.127. The first-order valence-corrected chi connectivity index (χ1v) is 8.50. The van der Waals surface area contributed by atoms with Crippen LogP contribution in [0.1, 0.15) is 36.5 Å². The van der Waals surface area contributed by atoms with Crippen molar-refractivity contribution in [1.29, 1.82) is 0 Å². The average molecular weight is 324 g/mol. The molecule has 3 N–H and O–H groups in total. The minimum Gasteiger partial charge on any atom is -0.399 e. The number of nitrogen functional groups attached to an aromatic ring is 1. The lowest BCUT2D eigenvalue weighted by molar-refractivity contribution is -0.131. The van der Waals surface area contributed by atoms with Crippen molar-refractivity contribution in [1.82, 2.24) is 4.90 Å². The maximum absolute atomic E-state index is 12.6. The Morgan fingerprint density at radius 2 is 1.88 bits per heavy atom. The monoisotopic (exact) mass is 324 g/mol. The molecule has 24 heavy (non-hydrogen) atoms. The van der Waals surface area contributed by atoms with Gasteiger partial charge in [-0.25, -0.2) is 0 Å². The van der Waals surface area contributed by atoms with E-state index in [4.69, 9.17) is 5.73 Å². The minimum atomic E-state index is -0.527. The Kier molecular flexibility index (Phi) is 5.16. The molecule has 4 nitrogen and oxygen atoms in total. The summed E-state index contributed by atoms with van der Waals surface area (Å²) in [6.07, 6.45) is 2.41. The zero-order valence-electron chi connectivity index (χ0n) is 13.8. The van der Waals surface area contributed by atoms with Crippen molar-refractivity contribution in [2.24, 2.45) is 0 Å². The molecule has 2 unspecified atom stereocenters. The molecule has 0 aliphatic carbocycles. The lowest BCUT2D eigenvalue weighted by atomic mass is 10.00. The maximum atomic E-state index is 12.6. The van der Waals surface area contributed by atoms with Gasteiger partial charge in [-0.15, -0.1) is 0 Å². The van der Waals surface area contributed by atoms with Crippen molar-refractivity contribution in [2.75, 3.05) is 12.3 Å². The summed E-state index contributed by atoms with van der Waals surface area (Å²) in [5, 5.41) is 10.4. The molecule has 1 saturated heterocycles. The Morgan fingerprint density at radius 3 is 2.58 bits per heavy atom. The van der Waals surface area contributed by atoms with Gasteiger partial charge in [0.05, 0.1) is 12.5 Å². The fourth-order valence-electron chi connectivity index (χ4n) is 3.39. The third-order valence-electron chi connectivity index (χ3n) is 4.71. The number of hydrogen-bond donors (Lipinski definition) is 2. The molecule has 126 valence electrons. The highest BCUT2D eigenvalue weighted by Gasteiger charge is 2.30. The predicted molar refractivity (Wildman–Crippen MR) is 95.3 cm³/mol. The van der Waals surface area contributed by atoms with Crippen molar-refractivity contribution >= 4 is 11.6 Å². The van der Waals surface area contributed by atoms with Gasteiger partial charge in [0, 0.05) is 18.3 Å². The molecule has 0 bridgehead atoms. The van der Waals surface area contributed by atoms with Crippen LogP contribution in [0.2, 0.25) is 0 Å². The number of aliphatic hydroxyl groups excluding tert-OH is 1. The molecule has 3 rings (SSSR count). The fourth-order valence-corrected chi connectivity index (χ4v) is 3.39. The summed E-state index contributed by atoms with van der Waals surface area (Å²) in [4.78, 5) is 14.6. The fraction of sp³-hybridized carbons (Fsp3) is 0.350. The second kappa shape index (κ2) is 7.49. The van der Waals surface area contributed by atoms with Crippen LogP contribution in [0, 0.1) is 0 Å². The van der Waals surface area contributed by atoms with Gasteiger partial charge in [-0.1, -0.05) is 42.5 Å². The number of anilines is 1. The van der Waals surface area contributed by atoms with E-state index in [2.05, 4.69) is 0 Å². The van der Waals surface area contributed by atoms with E-state index < -0.39 is 6.10 Å². The average Bonchev–Trinajstić information content (AvgIpc) is 3.06. The van der Waals surface area contributed by atoms with Crippen LogP contribution in [0.25, 0.3) is 0 Å². The smallest absolute Gasteiger partial charge is 0.227 e. The van der Waals surface area contributed by atoms with E-state index in [1.807, 2.05) is 59.5 Å². The highest BCUT2D eigenvalue weighted by molar-refractivity contribution is 5.79. The highest BCUT2D eigenvalue weighted by atomic mass is 16.3. The second-order valence-corrected chi connectivity index (χ2v) is 6.46. The number of nitrogens with zero attached hydrogens (tertiary/aromatic N) is 1. The van der Waals surface area contributed by atoms with Gasteiger partial charge >= 0.3 is 0 Å². The van der Waals surface area contributed by atoms with Gasteiger partial charge in [0.15, 0.2) is 0 Å². The van der Waals surface area contributed by atoms with Crippen molar-refractivity contribution < 1.29 is 9.90 Å². The van der Waals surface area contributed by atoms with Crippen LogP contribution < -0.4 is 5.73 Å². The van der Waals surface area contributed by atoms with E-state index in [0.29, 0.717) is 18.5 Å². The number of rotatable bonds is 5. The molecule has 0 saturated carbocycles. The van der Waals surface area contributed by atoms with Gasteiger partial charge in [0.2, 0.25) is 5.91 Å². The van der Waals surface area contributed by atoms with Crippen molar-refractivity contribution in [2.45, 2.75) is 37.8 Å². The van der Waals surface area contributed by atoms with E-state index in [1.165, 1.54) is 0 Å². The number of carbonyl (C=O) groups is 1. The summed E-state index contributed by atoms with van der Waals surface area (Å²) in [7, 11) is 0. The van der Waals surface area contributed by atoms with E-state index in [0.717, 1.165) is 30.5 Å². The zero-order valence-corrected chi connectivity index (χ0v) is 13.8. The largest absolute Gasteiger partial charge is 0.399 e. The van der Waals surface area contributed by atoms with Crippen LogP contribution in [0.3, 0.4) is 0 Å². The van der Waals surface area contributed by atoms with Gasteiger partial charge in [0.1, 0.15) is 0 Å². The third kappa shape index (κ3) is 3.95. The lowest BCUT2D eigenvalue weighted by Gasteiger charge is -2.27. The first kappa shape index (κ1) is 16.5. The molecule has 0 radical (unpaired) electrons. The third-order valence-corrected chi connectivity index (χ3v) is 4.71. The molecule has 1 aliphatic rings. The summed E-state index contributed by atoms with van der Waals surface area (Å²) < 4.78 is 0. The molecule has 2 aromatic rings. The van der Waals surface area contributed by atoms with Crippen LogP contribution in [-0.4, -0.2) is 28.5 Å². The van der Waals surface area contributed by atoms with E-state index >= 15 is 0 Å². The molecule has 2 aromatic carbocycles. The van der Waals surface area contributed by atoms with Crippen molar-refractivity contribution in [3.63, 3.8) is 0 Å². The number of amides is 1. The molecule has 4 heteroatoms.